The molecule has 0 aliphatic carbocycles. The molecule has 0 bridgehead atoms. The van der Waals surface area contributed by atoms with Crippen molar-refractivity contribution in [1.29, 1.82) is 0 Å². The molecule has 0 radical (unpaired) electrons. The van der Waals surface area contributed by atoms with Crippen molar-refractivity contribution >= 4 is 5.91 Å². The summed E-state index contributed by atoms with van der Waals surface area (Å²) in [6, 6.07) is 11.7. The van der Waals surface area contributed by atoms with E-state index in [1.807, 2.05) is 40.8 Å². The number of aryl methyl sites for hydroxylation is 1. The van der Waals surface area contributed by atoms with Crippen LogP contribution in [0.3, 0.4) is 0 Å². The lowest BCUT2D eigenvalue weighted by Gasteiger charge is -2.32. The summed E-state index contributed by atoms with van der Waals surface area (Å²) in [5.74, 6) is 1.98. The van der Waals surface area contributed by atoms with E-state index >= 15 is 0 Å². The van der Waals surface area contributed by atoms with E-state index < -0.39 is 0 Å². The molecule has 0 saturated carbocycles. The predicted molar refractivity (Wildman–Crippen MR) is 107 cm³/mol. The maximum Gasteiger partial charge on any atom is 0.260 e. The molecule has 6 nitrogen and oxygen atoms in total. The normalized spacial score (nSPS) is 16.6. The number of aromatic nitrogens is 3. The number of likely N-dealkylation sites (tertiary alicyclic amines) is 1. The van der Waals surface area contributed by atoms with Crippen LogP contribution in [0.25, 0.3) is 5.82 Å². The number of rotatable bonds is 5. The maximum atomic E-state index is 13.0. The molecule has 1 aliphatic rings. The van der Waals surface area contributed by atoms with E-state index in [2.05, 4.69) is 4.98 Å². The molecule has 1 aliphatic heterocycles. The Morgan fingerprint density at radius 3 is 2.83 bits per heavy atom. The van der Waals surface area contributed by atoms with Crippen LogP contribution in [0.5, 0.6) is 5.75 Å². The highest BCUT2D eigenvalue weighted by Gasteiger charge is 2.26. The Hall–Kier alpha value is -3.22. The first-order chi connectivity index (χ1) is 14.1. The van der Waals surface area contributed by atoms with Gasteiger partial charge in [-0.2, -0.15) is 0 Å². The summed E-state index contributed by atoms with van der Waals surface area (Å²) in [6.07, 6.45) is 5.56. The Kier molecular flexibility index (Phi) is 5.55. The third-order valence-corrected chi connectivity index (χ3v) is 5.20. The fourth-order valence-electron chi connectivity index (χ4n) is 3.63. The molecule has 1 fully saturated rings. The van der Waals surface area contributed by atoms with Crippen LogP contribution in [-0.4, -0.2) is 45.0 Å². The summed E-state index contributed by atoms with van der Waals surface area (Å²) in [5.41, 5.74) is 0.979. The van der Waals surface area contributed by atoms with Crippen molar-refractivity contribution in [1.82, 2.24) is 19.4 Å². The fraction of sp³-hybridized carbons (Fsp3) is 0.318. The number of hydrogen-bond donors (Lipinski definition) is 0. The molecule has 150 valence electrons. The molecule has 0 N–H and O–H groups in total. The van der Waals surface area contributed by atoms with E-state index in [4.69, 9.17) is 9.72 Å². The number of benzene rings is 1. The van der Waals surface area contributed by atoms with Crippen molar-refractivity contribution in [3.05, 3.63) is 72.2 Å². The number of pyridine rings is 1. The molecular weight excluding hydrogens is 371 g/mol. The van der Waals surface area contributed by atoms with Gasteiger partial charge in [0.05, 0.1) is 0 Å². The second-order valence-corrected chi connectivity index (χ2v) is 7.19. The lowest BCUT2D eigenvalue weighted by Crippen LogP contribution is -2.41. The zero-order valence-electron chi connectivity index (χ0n) is 16.3. The van der Waals surface area contributed by atoms with Gasteiger partial charge in [-0.3, -0.25) is 9.36 Å². The van der Waals surface area contributed by atoms with Crippen LogP contribution < -0.4 is 4.74 Å². The van der Waals surface area contributed by atoms with Gasteiger partial charge in [-0.05, 0) is 56.2 Å². The van der Waals surface area contributed by atoms with Crippen molar-refractivity contribution in [3.8, 4) is 11.6 Å². The van der Waals surface area contributed by atoms with E-state index in [1.165, 1.54) is 24.3 Å². The topological polar surface area (TPSA) is 60.2 Å². The van der Waals surface area contributed by atoms with Crippen LogP contribution in [-0.2, 0) is 4.79 Å². The monoisotopic (exact) mass is 394 g/mol. The van der Waals surface area contributed by atoms with Gasteiger partial charge in [-0.25, -0.2) is 14.4 Å². The molecule has 3 heterocycles. The fourth-order valence-corrected chi connectivity index (χ4v) is 3.63. The molecule has 1 amide bonds. The number of imidazole rings is 1. The smallest absolute Gasteiger partial charge is 0.260 e. The van der Waals surface area contributed by atoms with Gasteiger partial charge in [-0.15, -0.1) is 0 Å². The highest BCUT2D eigenvalue weighted by atomic mass is 19.1. The van der Waals surface area contributed by atoms with E-state index in [0.717, 1.165) is 30.2 Å². The molecule has 0 spiro atoms. The van der Waals surface area contributed by atoms with Crippen molar-refractivity contribution in [2.24, 2.45) is 0 Å². The first kappa shape index (κ1) is 19.1. The number of ether oxygens (including phenoxy) is 1. The van der Waals surface area contributed by atoms with Gasteiger partial charge < -0.3 is 9.64 Å². The summed E-state index contributed by atoms with van der Waals surface area (Å²) in [6.45, 7) is 3.21. The molecule has 4 rings (SSSR count). The highest BCUT2D eigenvalue weighted by Crippen LogP contribution is 2.26. The van der Waals surface area contributed by atoms with Gasteiger partial charge in [0.25, 0.3) is 5.91 Å². The zero-order chi connectivity index (χ0) is 20.2. The van der Waals surface area contributed by atoms with Crippen LogP contribution >= 0.6 is 0 Å². The van der Waals surface area contributed by atoms with Crippen molar-refractivity contribution in [3.63, 3.8) is 0 Å². The minimum absolute atomic E-state index is 0.0555. The van der Waals surface area contributed by atoms with E-state index in [0.29, 0.717) is 18.8 Å². The van der Waals surface area contributed by atoms with Gasteiger partial charge in [-0.1, -0.05) is 6.07 Å². The number of amides is 1. The van der Waals surface area contributed by atoms with Gasteiger partial charge in [0, 0.05) is 37.1 Å². The third-order valence-electron chi connectivity index (χ3n) is 5.20. The van der Waals surface area contributed by atoms with Crippen LogP contribution in [0.1, 0.15) is 30.3 Å². The molecular formula is C22H23FN4O2. The molecule has 7 heteroatoms. The molecule has 1 unspecified atom stereocenters. The lowest BCUT2D eigenvalue weighted by molar-refractivity contribution is -0.134. The average molecular weight is 394 g/mol. The second-order valence-electron chi connectivity index (χ2n) is 7.19. The Labute approximate surface area is 169 Å². The third kappa shape index (κ3) is 4.45. The van der Waals surface area contributed by atoms with Crippen molar-refractivity contribution in [2.75, 3.05) is 19.7 Å². The first-order valence-corrected chi connectivity index (χ1v) is 9.73. The Morgan fingerprint density at radius 1 is 1.24 bits per heavy atom. The largest absolute Gasteiger partial charge is 0.484 e. The molecule has 1 aromatic carbocycles. The van der Waals surface area contributed by atoms with Crippen LogP contribution in [0.15, 0.2) is 54.9 Å². The van der Waals surface area contributed by atoms with Crippen LogP contribution in [0.4, 0.5) is 4.39 Å². The molecule has 1 atom stereocenters. The van der Waals surface area contributed by atoms with Gasteiger partial charge >= 0.3 is 0 Å². The molecule has 29 heavy (non-hydrogen) atoms. The SMILES string of the molecule is Cc1nccn1-c1cccc(C2CCCN(C(=O)COc3ccc(F)cc3)C2)n1. The Bertz CT molecular complexity index is 986. The standard InChI is InChI=1S/C22H23FN4O2/c1-16-24-11-13-27(16)21-6-2-5-20(25-21)17-4-3-12-26(14-17)22(28)15-29-19-9-7-18(23)8-10-19/h2,5-11,13,17H,3-4,12,14-15H2,1H3. The van der Waals surface area contributed by atoms with Gasteiger partial charge in [0.15, 0.2) is 6.61 Å². The summed E-state index contributed by atoms with van der Waals surface area (Å²) >= 11 is 0. The lowest BCUT2D eigenvalue weighted by atomic mass is 9.94. The molecule has 2 aromatic heterocycles. The summed E-state index contributed by atoms with van der Waals surface area (Å²) in [7, 11) is 0. The number of nitrogens with zero attached hydrogens (tertiary/aromatic N) is 4. The minimum atomic E-state index is -0.330. The maximum absolute atomic E-state index is 13.0. The molecule has 3 aromatic rings. The number of hydrogen-bond acceptors (Lipinski definition) is 4. The second kappa shape index (κ2) is 8.43. The summed E-state index contributed by atoms with van der Waals surface area (Å²) in [4.78, 5) is 23.5. The summed E-state index contributed by atoms with van der Waals surface area (Å²) < 4.78 is 20.4. The number of carbonyl (C=O) groups is 1. The minimum Gasteiger partial charge on any atom is -0.484 e. The van der Waals surface area contributed by atoms with Crippen LogP contribution in [0.2, 0.25) is 0 Å². The quantitative estimate of drug-likeness (QED) is 0.665. The van der Waals surface area contributed by atoms with Crippen molar-refractivity contribution in [2.45, 2.75) is 25.7 Å². The zero-order valence-corrected chi connectivity index (χ0v) is 16.3. The molecule has 1 saturated heterocycles. The predicted octanol–water partition coefficient (Wildman–Crippen LogP) is 3.50. The van der Waals surface area contributed by atoms with Crippen LogP contribution in [0, 0.1) is 12.7 Å². The number of carbonyl (C=O) groups excluding carboxylic acids is 1. The highest BCUT2D eigenvalue weighted by molar-refractivity contribution is 5.78. The van der Waals surface area contributed by atoms with Crippen molar-refractivity contribution < 1.29 is 13.9 Å². The van der Waals surface area contributed by atoms with E-state index in [-0.39, 0.29) is 24.2 Å². The van der Waals surface area contributed by atoms with E-state index in [1.54, 1.807) is 6.20 Å². The number of halogens is 1. The average Bonchev–Trinajstić information content (AvgIpc) is 3.19. The van der Waals surface area contributed by atoms with Gasteiger partial charge in [0.1, 0.15) is 23.2 Å². The Balaban J connectivity index is 1.41. The first-order valence-electron chi connectivity index (χ1n) is 9.73. The number of piperidine rings is 1. The Morgan fingerprint density at radius 2 is 2.07 bits per heavy atom. The summed E-state index contributed by atoms with van der Waals surface area (Å²) in [5, 5.41) is 0. The van der Waals surface area contributed by atoms with E-state index in [9.17, 15) is 9.18 Å². The van der Waals surface area contributed by atoms with Gasteiger partial charge in [0.2, 0.25) is 0 Å².